The molecule has 3 aromatic rings. The van der Waals surface area contributed by atoms with Gasteiger partial charge in [-0.15, -0.1) is 0 Å². The van der Waals surface area contributed by atoms with Crippen LogP contribution in [0.25, 0.3) is 11.4 Å². The molecule has 0 saturated carbocycles. The Hall–Kier alpha value is -2.66. The minimum absolute atomic E-state index is 0.112. The summed E-state index contributed by atoms with van der Waals surface area (Å²) in [7, 11) is 0. The average Bonchev–Trinajstić information content (AvgIpc) is 2.84. The highest BCUT2D eigenvalue weighted by atomic mass is 35.5. The molecule has 0 fully saturated rings. The summed E-state index contributed by atoms with van der Waals surface area (Å²) in [6, 6.07) is 11.7. The van der Waals surface area contributed by atoms with Crippen molar-refractivity contribution in [1.82, 2.24) is 15.0 Å². The largest absolute Gasteiger partial charge is 0.493 e. The Balaban J connectivity index is 1.66. The minimum Gasteiger partial charge on any atom is -0.493 e. The maximum absolute atomic E-state index is 6.12. The number of aromatic nitrogens is 3. The van der Waals surface area contributed by atoms with Gasteiger partial charge in [0.15, 0.2) is 5.82 Å². The fourth-order valence-corrected chi connectivity index (χ4v) is 3.30. The summed E-state index contributed by atoms with van der Waals surface area (Å²) in [6.07, 6.45) is 5.44. The zero-order valence-corrected chi connectivity index (χ0v) is 15.2. The standard InChI is InChI=1S/C20H19ClN4O/c1-13-10-19(25-20(23-13)14-4-2-8-22-12-14)24-17-5-3-9-26-18-11-15(21)6-7-16(17)18/h2,4,6-8,10-12,17H,3,5,9H2,1H3,(H,23,24,25). The third-order valence-electron chi connectivity index (χ3n) is 4.34. The van der Waals surface area contributed by atoms with Crippen molar-refractivity contribution in [2.24, 2.45) is 0 Å². The first-order valence-electron chi connectivity index (χ1n) is 8.64. The predicted molar refractivity (Wildman–Crippen MR) is 103 cm³/mol. The van der Waals surface area contributed by atoms with Crippen LogP contribution in [0.2, 0.25) is 5.02 Å². The Labute approximate surface area is 157 Å². The number of fused-ring (bicyclic) bond motifs is 1. The number of nitrogens with zero attached hydrogens (tertiary/aromatic N) is 3. The van der Waals surface area contributed by atoms with Gasteiger partial charge < -0.3 is 10.1 Å². The van der Waals surface area contributed by atoms with Crippen molar-refractivity contribution in [3.8, 4) is 17.1 Å². The molecule has 26 heavy (non-hydrogen) atoms. The van der Waals surface area contributed by atoms with Crippen molar-refractivity contribution in [3.63, 3.8) is 0 Å². The van der Waals surface area contributed by atoms with Crippen LogP contribution in [0.5, 0.6) is 5.75 Å². The fraction of sp³-hybridized carbons (Fsp3) is 0.250. The van der Waals surface area contributed by atoms with Gasteiger partial charge in [0.05, 0.1) is 12.6 Å². The van der Waals surface area contributed by atoms with Crippen molar-refractivity contribution in [3.05, 3.63) is 65.1 Å². The van der Waals surface area contributed by atoms with Gasteiger partial charge in [0.1, 0.15) is 11.6 Å². The summed E-state index contributed by atoms with van der Waals surface area (Å²) in [5.74, 6) is 2.30. The Bertz CT molecular complexity index is 917. The average molecular weight is 367 g/mol. The molecule has 0 amide bonds. The molecule has 1 unspecified atom stereocenters. The van der Waals surface area contributed by atoms with Gasteiger partial charge in [-0.25, -0.2) is 9.97 Å². The Morgan fingerprint density at radius 2 is 2.12 bits per heavy atom. The summed E-state index contributed by atoms with van der Waals surface area (Å²) in [5, 5.41) is 4.23. The lowest BCUT2D eigenvalue weighted by molar-refractivity contribution is 0.316. The molecule has 132 valence electrons. The molecule has 1 aromatic carbocycles. The van der Waals surface area contributed by atoms with Gasteiger partial charge in [0.2, 0.25) is 0 Å². The lowest BCUT2D eigenvalue weighted by atomic mass is 10.0. The molecule has 1 N–H and O–H groups in total. The molecule has 4 rings (SSSR count). The molecule has 1 aliphatic heterocycles. The summed E-state index contributed by atoms with van der Waals surface area (Å²) in [6.45, 7) is 2.66. The van der Waals surface area contributed by atoms with Crippen LogP contribution in [0.4, 0.5) is 5.82 Å². The minimum atomic E-state index is 0.112. The molecule has 0 bridgehead atoms. The van der Waals surface area contributed by atoms with E-state index in [2.05, 4.69) is 20.3 Å². The summed E-state index contributed by atoms with van der Waals surface area (Å²) >= 11 is 6.12. The van der Waals surface area contributed by atoms with Crippen LogP contribution < -0.4 is 10.1 Å². The fourth-order valence-electron chi connectivity index (χ4n) is 3.14. The number of pyridine rings is 1. The predicted octanol–water partition coefficient (Wildman–Crippen LogP) is 4.83. The quantitative estimate of drug-likeness (QED) is 0.719. The monoisotopic (exact) mass is 366 g/mol. The van der Waals surface area contributed by atoms with E-state index >= 15 is 0 Å². The van der Waals surface area contributed by atoms with Gasteiger partial charge >= 0.3 is 0 Å². The first kappa shape index (κ1) is 16.8. The molecule has 3 heterocycles. The van der Waals surface area contributed by atoms with E-state index in [1.54, 1.807) is 12.4 Å². The zero-order chi connectivity index (χ0) is 17.9. The Kier molecular flexibility index (Phi) is 4.71. The lowest BCUT2D eigenvalue weighted by Crippen LogP contribution is -2.12. The summed E-state index contributed by atoms with van der Waals surface area (Å²) < 4.78 is 5.85. The summed E-state index contributed by atoms with van der Waals surface area (Å²) in [5.41, 5.74) is 2.91. The second kappa shape index (κ2) is 7.30. The number of aryl methyl sites for hydroxylation is 1. The van der Waals surface area contributed by atoms with Crippen LogP contribution in [0.1, 0.15) is 30.1 Å². The van der Waals surface area contributed by atoms with Gasteiger partial charge in [-0.3, -0.25) is 4.98 Å². The van der Waals surface area contributed by atoms with Crippen molar-refractivity contribution in [1.29, 1.82) is 0 Å². The molecule has 1 aliphatic rings. The Morgan fingerprint density at radius 1 is 1.19 bits per heavy atom. The molecular weight excluding hydrogens is 348 g/mol. The zero-order valence-electron chi connectivity index (χ0n) is 14.4. The number of hydrogen-bond acceptors (Lipinski definition) is 5. The second-order valence-corrected chi connectivity index (χ2v) is 6.77. The van der Waals surface area contributed by atoms with Crippen molar-refractivity contribution in [2.45, 2.75) is 25.8 Å². The van der Waals surface area contributed by atoms with Crippen LogP contribution in [0, 0.1) is 6.92 Å². The van der Waals surface area contributed by atoms with E-state index in [1.807, 2.05) is 43.3 Å². The highest BCUT2D eigenvalue weighted by Gasteiger charge is 2.21. The van der Waals surface area contributed by atoms with E-state index in [9.17, 15) is 0 Å². The highest BCUT2D eigenvalue weighted by molar-refractivity contribution is 6.30. The number of nitrogens with one attached hydrogen (secondary N) is 1. The van der Waals surface area contributed by atoms with Crippen molar-refractivity contribution in [2.75, 3.05) is 11.9 Å². The first-order valence-corrected chi connectivity index (χ1v) is 9.02. The lowest BCUT2D eigenvalue weighted by Gasteiger charge is -2.19. The summed E-state index contributed by atoms with van der Waals surface area (Å²) in [4.78, 5) is 13.4. The second-order valence-electron chi connectivity index (χ2n) is 6.33. The third-order valence-corrected chi connectivity index (χ3v) is 4.58. The number of halogens is 1. The maximum atomic E-state index is 6.12. The molecule has 0 radical (unpaired) electrons. The van der Waals surface area contributed by atoms with Crippen LogP contribution in [0.3, 0.4) is 0 Å². The van der Waals surface area contributed by atoms with Crippen LogP contribution in [-0.4, -0.2) is 21.6 Å². The Morgan fingerprint density at radius 3 is 2.96 bits per heavy atom. The van der Waals surface area contributed by atoms with E-state index < -0.39 is 0 Å². The van der Waals surface area contributed by atoms with Crippen molar-refractivity contribution >= 4 is 17.4 Å². The van der Waals surface area contributed by atoms with E-state index in [4.69, 9.17) is 16.3 Å². The molecular formula is C20H19ClN4O. The van der Waals surface area contributed by atoms with Gasteiger partial charge in [-0.1, -0.05) is 17.7 Å². The van der Waals surface area contributed by atoms with Crippen LogP contribution in [-0.2, 0) is 0 Å². The van der Waals surface area contributed by atoms with E-state index in [0.29, 0.717) is 17.5 Å². The molecule has 1 atom stereocenters. The van der Waals surface area contributed by atoms with E-state index in [1.165, 1.54) is 0 Å². The van der Waals surface area contributed by atoms with Crippen molar-refractivity contribution < 1.29 is 4.74 Å². The van der Waals surface area contributed by atoms with Crippen LogP contribution in [0.15, 0.2) is 48.8 Å². The number of hydrogen-bond donors (Lipinski definition) is 1. The normalized spacial score (nSPS) is 16.3. The number of ether oxygens (including phenoxy) is 1. The maximum Gasteiger partial charge on any atom is 0.163 e. The third kappa shape index (κ3) is 3.63. The van der Waals surface area contributed by atoms with Gasteiger partial charge in [0, 0.05) is 40.3 Å². The number of benzene rings is 1. The SMILES string of the molecule is Cc1cc(NC2CCCOc3cc(Cl)ccc32)nc(-c2cccnc2)n1. The highest BCUT2D eigenvalue weighted by Crippen LogP contribution is 2.35. The number of anilines is 1. The molecule has 6 heteroatoms. The van der Waals surface area contributed by atoms with Crippen LogP contribution >= 0.6 is 11.6 Å². The smallest absolute Gasteiger partial charge is 0.163 e. The van der Waals surface area contributed by atoms with E-state index in [-0.39, 0.29) is 6.04 Å². The molecule has 5 nitrogen and oxygen atoms in total. The molecule has 2 aromatic heterocycles. The first-order chi connectivity index (χ1) is 12.7. The molecule has 0 saturated heterocycles. The number of rotatable bonds is 3. The molecule has 0 spiro atoms. The topological polar surface area (TPSA) is 59.9 Å². The van der Waals surface area contributed by atoms with Gasteiger partial charge in [0.25, 0.3) is 0 Å². The molecule has 0 aliphatic carbocycles. The van der Waals surface area contributed by atoms with E-state index in [0.717, 1.165) is 41.2 Å². The van der Waals surface area contributed by atoms with Gasteiger partial charge in [-0.05, 0) is 44.0 Å². The van der Waals surface area contributed by atoms with Gasteiger partial charge in [-0.2, -0.15) is 0 Å².